The van der Waals surface area contributed by atoms with E-state index in [1.54, 1.807) is 7.11 Å². The maximum absolute atomic E-state index is 5.85. The van der Waals surface area contributed by atoms with E-state index in [-0.39, 0.29) is 0 Å². The molecule has 0 atom stereocenters. The van der Waals surface area contributed by atoms with Crippen molar-refractivity contribution in [2.45, 2.75) is 16.2 Å². The lowest BCUT2D eigenvalue weighted by Crippen LogP contribution is -2.14. The van der Waals surface area contributed by atoms with Gasteiger partial charge in [-0.25, -0.2) is 0 Å². The summed E-state index contributed by atoms with van der Waals surface area (Å²) in [6.45, 7) is 1.00. The summed E-state index contributed by atoms with van der Waals surface area (Å²) in [6, 6.07) is 17.1. The predicted molar refractivity (Wildman–Crippen MR) is 94.0 cm³/mol. The minimum Gasteiger partial charge on any atom is -0.496 e. The van der Waals surface area contributed by atoms with Gasteiger partial charge in [0.05, 0.1) is 7.11 Å². The molecule has 3 heteroatoms. The first-order chi connectivity index (χ1) is 10.7. The first kappa shape index (κ1) is 15.2. The Morgan fingerprint density at radius 1 is 0.909 bits per heavy atom. The molecule has 0 fully saturated rings. The van der Waals surface area contributed by atoms with Gasteiger partial charge in [0.25, 0.3) is 0 Å². The quantitative estimate of drug-likeness (QED) is 0.817. The van der Waals surface area contributed by atoms with Gasteiger partial charge < -0.3 is 9.64 Å². The molecule has 3 rings (SSSR count). The first-order valence-electron chi connectivity index (χ1n) is 7.49. The summed E-state index contributed by atoms with van der Waals surface area (Å²) in [6.07, 6.45) is 0.974. The van der Waals surface area contributed by atoms with E-state index in [0.29, 0.717) is 0 Å². The fraction of sp³-hybridized carbons (Fsp3) is 0.263. The fourth-order valence-corrected chi connectivity index (χ4v) is 3.87. The van der Waals surface area contributed by atoms with Gasteiger partial charge >= 0.3 is 0 Å². The second-order valence-electron chi connectivity index (χ2n) is 5.66. The zero-order chi connectivity index (χ0) is 15.5. The third-order valence-corrected chi connectivity index (χ3v) is 5.00. The van der Waals surface area contributed by atoms with E-state index in [1.165, 1.54) is 26.5 Å². The lowest BCUT2D eigenvalue weighted by atomic mass is 9.98. The van der Waals surface area contributed by atoms with Crippen LogP contribution in [0.3, 0.4) is 0 Å². The van der Waals surface area contributed by atoms with E-state index in [1.807, 2.05) is 11.8 Å². The maximum atomic E-state index is 5.85. The number of rotatable bonds is 4. The Labute approximate surface area is 136 Å². The lowest BCUT2D eigenvalue weighted by molar-refractivity contribution is 0.367. The van der Waals surface area contributed by atoms with Gasteiger partial charge in [-0.1, -0.05) is 48.2 Å². The molecule has 0 saturated carbocycles. The predicted octanol–water partition coefficient (Wildman–Crippen LogP) is 4.62. The molecule has 0 bridgehead atoms. The number of methoxy groups -OCH3 is 1. The molecule has 0 aromatic heterocycles. The van der Waals surface area contributed by atoms with E-state index < -0.39 is 0 Å². The topological polar surface area (TPSA) is 12.5 Å². The number of benzene rings is 2. The molecule has 2 aromatic rings. The molecule has 0 saturated heterocycles. The molecule has 22 heavy (non-hydrogen) atoms. The van der Waals surface area contributed by atoms with Crippen molar-refractivity contribution in [2.75, 3.05) is 27.7 Å². The molecule has 0 amide bonds. The van der Waals surface area contributed by atoms with Gasteiger partial charge in [0.1, 0.15) is 5.76 Å². The Hall–Kier alpha value is -1.71. The molecular weight excluding hydrogens is 290 g/mol. The van der Waals surface area contributed by atoms with Crippen molar-refractivity contribution in [3.8, 4) is 0 Å². The summed E-state index contributed by atoms with van der Waals surface area (Å²) in [5.74, 6) is 1.01. The van der Waals surface area contributed by atoms with Crippen LogP contribution in [0.2, 0.25) is 0 Å². The van der Waals surface area contributed by atoms with Crippen molar-refractivity contribution in [2.24, 2.45) is 0 Å². The summed E-state index contributed by atoms with van der Waals surface area (Å²) in [7, 11) is 6.00. The third kappa shape index (κ3) is 2.92. The summed E-state index contributed by atoms with van der Waals surface area (Å²) in [5, 5.41) is 0. The summed E-state index contributed by atoms with van der Waals surface area (Å²) < 4.78 is 5.85. The van der Waals surface area contributed by atoms with Crippen molar-refractivity contribution >= 4 is 23.1 Å². The number of nitrogens with zero attached hydrogens (tertiary/aromatic N) is 1. The van der Waals surface area contributed by atoms with Gasteiger partial charge in [-0.2, -0.15) is 0 Å². The van der Waals surface area contributed by atoms with Crippen LogP contribution in [-0.4, -0.2) is 32.6 Å². The molecule has 1 heterocycles. The van der Waals surface area contributed by atoms with Crippen LogP contribution in [0, 0.1) is 0 Å². The summed E-state index contributed by atoms with van der Waals surface area (Å²) >= 11 is 1.83. The van der Waals surface area contributed by atoms with Crippen molar-refractivity contribution < 1.29 is 4.74 Å². The average molecular weight is 311 g/mol. The second-order valence-corrected chi connectivity index (χ2v) is 6.74. The van der Waals surface area contributed by atoms with Gasteiger partial charge in [-0.3, -0.25) is 0 Å². The van der Waals surface area contributed by atoms with Crippen LogP contribution in [0.5, 0.6) is 0 Å². The van der Waals surface area contributed by atoms with Crippen LogP contribution < -0.4 is 0 Å². The van der Waals surface area contributed by atoms with E-state index >= 15 is 0 Å². The zero-order valence-electron chi connectivity index (χ0n) is 13.3. The summed E-state index contributed by atoms with van der Waals surface area (Å²) in [5.41, 5.74) is 3.78. The molecule has 2 nitrogen and oxygen atoms in total. The minimum atomic E-state index is 0.974. The Morgan fingerprint density at radius 2 is 1.50 bits per heavy atom. The fourth-order valence-electron chi connectivity index (χ4n) is 2.77. The molecule has 0 aliphatic carbocycles. The van der Waals surface area contributed by atoms with E-state index in [0.717, 1.165) is 18.7 Å². The average Bonchev–Trinajstić information content (AvgIpc) is 2.66. The van der Waals surface area contributed by atoms with Crippen molar-refractivity contribution in [1.82, 2.24) is 4.90 Å². The Bertz CT molecular complexity index is 706. The standard InChI is InChI=1S/C19H21NOS/c1-20(2)13-12-15-14-8-4-6-10-17(14)22-18-11-7-5-9-16(18)19(15)21-3/h4-11H,12-13H2,1-3H3. The van der Waals surface area contributed by atoms with Crippen molar-refractivity contribution in [3.05, 3.63) is 59.7 Å². The SMILES string of the molecule is COC1=C(CCN(C)C)c2ccccc2Sc2ccccc21. The maximum Gasteiger partial charge on any atom is 0.131 e. The van der Waals surface area contributed by atoms with E-state index in [2.05, 4.69) is 67.5 Å². The molecule has 1 aliphatic rings. The smallest absolute Gasteiger partial charge is 0.131 e. The Balaban J connectivity index is 2.20. The molecule has 0 N–H and O–H groups in total. The van der Waals surface area contributed by atoms with Crippen LogP contribution in [0.25, 0.3) is 11.3 Å². The largest absolute Gasteiger partial charge is 0.496 e. The van der Waals surface area contributed by atoms with Crippen LogP contribution >= 0.6 is 11.8 Å². The van der Waals surface area contributed by atoms with Gasteiger partial charge in [0.2, 0.25) is 0 Å². The first-order valence-corrected chi connectivity index (χ1v) is 8.31. The van der Waals surface area contributed by atoms with Gasteiger partial charge in [-0.15, -0.1) is 0 Å². The van der Waals surface area contributed by atoms with Crippen LogP contribution in [0.4, 0.5) is 0 Å². The van der Waals surface area contributed by atoms with Crippen molar-refractivity contribution in [3.63, 3.8) is 0 Å². The minimum absolute atomic E-state index is 0.974. The molecule has 114 valence electrons. The number of ether oxygens (including phenoxy) is 1. The highest BCUT2D eigenvalue weighted by molar-refractivity contribution is 7.99. The van der Waals surface area contributed by atoms with Crippen LogP contribution in [-0.2, 0) is 4.74 Å². The highest BCUT2D eigenvalue weighted by Crippen LogP contribution is 2.45. The number of hydrogen-bond donors (Lipinski definition) is 0. The van der Waals surface area contributed by atoms with E-state index in [9.17, 15) is 0 Å². The van der Waals surface area contributed by atoms with Gasteiger partial charge in [0.15, 0.2) is 0 Å². The monoisotopic (exact) mass is 311 g/mol. The highest BCUT2D eigenvalue weighted by Gasteiger charge is 2.22. The van der Waals surface area contributed by atoms with Crippen LogP contribution in [0.15, 0.2) is 58.3 Å². The second kappa shape index (κ2) is 6.59. The summed E-state index contributed by atoms with van der Waals surface area (Å²) in [4.78, 5) is 4.77. The Morgan fingerprint density at radius 3 is 2.14 bits per heavy atom. The van der Waals surface area contributed by atoms with Crippen LogP contribution in [0.1, 0.15) is 17.5 Å². The van der Waals surface area contributed by atoms with Gasteiger partial charge in [0, 0.05) is 27.5 Å². The molecule has 1 aliphatic heterocycles. The van der Waals surface area contributed by atoms with Gasteiger partial charge in [-0.05, 0) is 38.2 Å². The molecule has 0 radical (unpaired) electrons. The Kier molecular flexibility index (Phi) is 4.55. The third-order valence-electron chi connectivity index (χ3n) is 3.85. The zero-order valence-corrected chi connectivity index (χ0v) is 14.1. The number of fused-ring (bicyclic) bond motifs is 2. The molecule has 0 unspecified atom stereocenters. The number of hydrogen-bond acceptors (Lipinski definition) is 3. The molecule has 0 spiro atoms. The van der Waals surface area contributed by atoms with E-state index in [4.69, 9.17) is 4.74 Å². The highest BCUT2D eigenvalue weighted by atomic mass is 32.2. The van der Waals surface area contributed by atoms with Crippen molar-refractivity contribution in [1.29, 1.82) is 0 Å². The molecular formula is C19H21NOS. The normalized spacial score (nSPS) is 13.6. The lowest BCUT2D eigenvalue weighted by Gasteiger charge is -2.17. The molecule has 2 aromatic carbocycles.